The van der Waals surface area contributed by atoms with Crippen LogP contribution in [0.25, 0.3) is 6.08 Å². The van der Waals surface area contributed by atoms with E-state index in [-0.39, 0.29) is 23.5 Å². The third kappa shape index (κ3) is 5.52. The first kappa shape index (κ1) is 27.9. The highest BCUT2D eigenvalue weighted by Gasteiger charge is 2.36. The number of thiazole rings is 1. The van der Waals surface area contributed by atoms with Gasteiger partial charge in [-0.05, 0) is 72.3 Å². The molecule has 1 aliphatic heterocycles. The predicted molar refractivity (Wildman–Crippen MR) is 156 cm³/mol. The predicted octanol–water partition coefficient (Wildman–Crippen LogP) is 5.31. The maximum atomic E-state index is 13.9. The Hall–Kier alpha value is -2.15. The summed E-state index contributed by atoms with van der Waals surface area (Å²) in [6.45, 7) is 3.90. The highest BCUT2D eigenvalue weighted by molar-refractivity contribution is 14.1. The number of hydrogen-bond donors (Lipinski definition) is 1. The summed E-state index contributed by atoms with van der Waals surface area (Å²) >= 11 is 13.0. The molecule has 1 N–H and O–H groups in total. The second-order valence-corrected chi connectivity index (χ2v) is 11.6. The summed E-state index contributed by atoms with van der Waals surface area (Å²) in [5.41, 5.74) is 1.51. The number of esters is 1. The van der Waals surface area contributed by atoms with Crippen molar-refractivity contribution in [2.45, 2.75) is 32.7 Å². The molecule has 1 aromatic heterocycles. The van der Waals surface area contributed by atoms with Crippen LogP contribution in [0, 0.1) is 3.57 Å². The maximum absolute atomic E-state index is 13.9. The fraction of sp³-hybridized carbons (Fsp3) is 0.269. The Labute approximate surface area is 244 Å². The molecule has 37 heavy (non-hydrogen) atoms. The van der Waals surface area contributed by atoms with Crippen LogP contribution in [0.4, 0.5) is 0 Å². The molecule has 0 bridgehead atoms. The zero-order valence-electron chi connectivity index (χ0n) is 20.2. The van der Waals surface area contributed by atoms with Gasteiger partial charge >= 0.3 is 5.97 Å². The molecule has 0 spiro atoms. The number of aromatic hydroxyl groups is 1. The lowest BCUT2D eigenvalue weighted by Crippen LogP contribution is -2.40. The smallest absolute Gasteiger partial charge is 0.338 e. The molecule has 1 aliphatic rings. The van der Waals surface area contributed by atoms with Crippen LogP contribution in [-0.4, -0.2) is 29.4 Å². The van der Waals surface area contributed by atoms with Gasteiger partial charge in [0.2, 0.25) is 0 Å². The molecule has 1 atom stereocenters. The van der Waals surface area contributed by atoms with Gasteiger partial charge in [-0.15, -0.1) is 0 Å². The van der Waals surface area contributed by atoms with E-state index in [2.05, 4.69) is 15.9 Å². The number of rotatable bonds is 7. The van der Waals surface area contributed by atoms with Gasteiger partial charge in [0.15, 0.2) is 4.80 Å². The minimum atomic E-state index is -0.858. The van der Waals surface area contributed by atoms with Crippen LogP contribution in [0.3, 0.4) is 0 Å². The Kier molecular flexibility index (Phi) is 8.82. The number of phenols is 1. The Balaban J connectivity index is 2.08. The first-order chi connectivity index (χ1) is 17.7. The van der Waals surface area contributed by atoms with Crippen LogP contribution in [-0.2, 0) is 9.53 Å². The lowest BCUT2D eigenvalue weighted by Gasteiger charge is -2.27. The number of ether oxygens (including phenoxy) is 2. The molecular weight excluding hydrogens is 695 g/mol. The molecule has 3 aromatic rings. The highest BCUT2D eigenvalue weighted by Crippen LogP contribution is 2.38. The van der Waals surface area contributed by atoms with Crippen molar-refractivity contribution in [2.75, 3.05) is 13.7 Å². The average Bonchev–Trinajstić information content (AvgIpc) is 3.16. The van der Waals surface area contributed by atoms with Gasteiger partial charge in [-0.2, -0.15) is 0 Å². The summed E-state index contributed by atoms with van der Waals surface area (Å²) in [6.07, 6.45) is 2.88. The normalized spacial score (nSPS) is 15.4. The second kappa shape index (κ2) is 11.7. The number of allylic oxidation sites excluding steroid dienone is 1. The van der Waals surface area contributed by atoms with Crippen LogP contribution in [0.15, 0.2) is 55.9 Å². The molecule has 0 unspecified atom stereocenters. The molecule has 0 amide bonds. The summed E-state index contributed by atoms with van der Waals surface area (Å²) in [7, 11) is 1.52. The number of aromatic nitrogens is 1. The first-order valence-corrected chi connectivity index (χ1v) is 14.5. The van der Waals surface area contributed by atoms with E-state index in [9.17, 15) is 14.7 Å². The number of hydrogen-bond acceptors (Lipinski definition) is 7. The average molecular weight is 718 g/mol. The van der Waals surface area contributed by atoms with Crippen molar-refractivity contribution in [3.05, 3.63) is 85.5 Å². The zero-order valence-corrected chi connectivity index (χ0v) is 25.5. The van der Waals surface area contributed by atoms with Crippen molar-refractivity contribution in [1.82, 2.24) is 4.57 Å². The number of fused-ring (bicyclic) bond motifs is 1. The third-order valence-corrected chi connectivity index (χ3v) is 8.22. The number of carbonyl (C=O) groups excluding carboxylic acids is 1. The minimum Gasteiger partial charge on any atom is -0.506 e. The third-order valence-electron chi connectivity index (χ3n) is 5.72. The molecule has 4 rings (SSSR count). The van der Waals surface area contributed by atoms with E-state index < -0.39 is 12.0 Å². The Morgan fingerprint density at radius 3 is 2.76 bits per heavy atom. The molecule has 2 heterocycles. The first-order valence-electron chi connectivity index (χ1n) is 11.4. The van der Waals surface area contributed by atoms with Crippen LogP contribution in [0.2, 0.25) is 5.02 Å². The molecule has 0 radical (unpaired) electrons. The van der Waals surface area contributed by atoms with Crippen molar-refractivity contribution >= 4 is 73.5 Å². The van der Waals surface area contributed by atoms with E-state index in [0.29, 0.717) is 46.9 Å². The number of nitrogens with zero attached hydrogens (tertiary/aromatic N) is 2. The number of carbonyl (C=O) groups is 1. The standard InChI is InChI=1S/C26H23BrClIN2O5S/c1-4-6-18-21(25(34)36-5-2)22(16-12-15(28)7-8-19(16)35-3)31-24(33)20(37-26(31)30-18)10-13-9-14(27)11-17(29)23(13)32/h7-12,22,32H,4-6H2,1-3H3/b20-10+/t22-/m0/s1. The largest absolute Gasteiger partial charge is 0.506 e. The van der Waals surface area contributed by atoms with Crippen molar-refractivity contribution in [1.29, 1.82) is 0 Å². The summed E-state index contributed by atoms with van der Waals surface area (Å²) in [5, 5.41) is 11.0. The van der Waals surface area contributed by atoms with Gasteiger partial charge in [0.1, 0.15) is 17.5 Å². The van der Waals surface area contributed by atoms with Gasteiger partial charge in [-0.1, -0.05) is 52.2 Å². The molecule has 0 aliphatic carbocycles. The lowest BCUT2D eigenvalue weighted by atomic mass is 9.93. The fourth-order valence-electron chi connectivity index (χ4n) is 4.17. The van der Waals surface area contributed by atoms with E-state index in [1.165, 1.54) is 23.0 Å². The zero-order chi connectivity index (χ0) is 26.9. The molecule has 194 valence electrons. The van der Waals surface area contributed by atoms with Gasteiger partial charge in [-0.25, -0.2) is 9.79 Å². The van der Waals surface area contributed by atoms with E-state index in [0.717, 1.165) is 10.9 Å². The number of benzene rings is 2. The molecule has 0 saturated carbocycles. The number of phenolic OH excluding ortho intramolecular Hbond substituents is 1. The molecule has 2 aromatic carbocycles. The van der Waals surface area contributed by atoms with E-state index >= 15 is 0 Å². The Bertz CT molecular complexity index is 1600. The second-order valence-electron chi connectivity index (χ2n) is 8.13. The topological polar surface area (TPSA) is 90.1 Å². The Morgan fingerprint density at radius 2 is 2.08 bits per heavy atom. The lowest BCUT2D eigenvalue weighted by molar-refractivity contribution is -0.139. The number of halogens is 3. The molecule has 0 saturated heterocycles. The van der Waals surface area contributed by atoms with Gasteiger partial charge < -0.3 is 14.6 Å². The van der Waals surface area contributed by atoms with Crippen LogP contribution in [0.1, 0.15) is 43.9 Å². The maximum Gasteiger partial charge on any atom is 0.338 e. The van der Waals surface area contributed by atoms with Crippen LogP contribution in [0.5, 0.6) is 11.5 Å². The molecule has 7 nitrogen and oxygen atoms in total. The van der Waals surface area contributed by atoms with E-state index in [4.69, 9.17) is 26.1 Å². The summed E-state index contributed by atoms with van der Waals surface area (Å²) in [6, 6.07) is 7.74. The minimum absolute atomic E-state index is 0.0709. The van der Waals surface area contributed by atoms with Crippen LogP contribution >= 0.6 is 61.5 Å². The van der Waals surface area contributed by atoms with Crippen molar-refractivity contribution < 1.29 is 19.4 Å². The summed E-state index contributed by atoms with van der Waals surface area (Å²) in [4.78, 5) is 32.4. The Morgan fingerprint density at radius 1 is 1.32 bits per heavy atom. The monoisotopic (exact) mass is 716 g/mol. The highest BCUT2D eigenvalue weighted by atomic mass is 127. The molecule has 11 heteroatoms. The molecule has 0 fully saturated rings. The fourth-order valence-corrected chi connectivity index (χ4v) is 6.91. The summed E-state index contributed by atoms with van der Waals surface area (Å²) < 4.78 is 14.3. The van der Waals surface area contributed by atoms with Gasteiger partial charge in [0, 0.05) is 20.6 Å². The van der Waals surface area contributed by atoms with Crippen molar-refractivity contribution in [2.24, 2.45) is 4.99 Å². The van der Waals surface area contributed by atoms with Crippen molar-refractivity contribution in [3.8, 4) is 11.5 Å². The van der Waals surface area contributed by atoms with E-state index in [1.807, 2.05) is 29.5 Å². The van der Waals surface area contributed by atoms with Crippen LogP contribution < -0.4 is 19.6 Å². The molecular formula is C26H23BrClIN2O5S. The van der Waals surface area contributed by atoms with E-state index in [1.54, 1.807) is 43.3 Å². The van der Waals surface area contributed by atoms with Gasteiger partial charge in [0.05, 0.1) is 33.1 Å². The SMILES string of the molecule is CCCC1=C(C(=O)OCC)[C@H](c2cc(Cl)ccc2OC)n2c(s/c(=C/c3cc(Br)cc(I)c3O)c2=O)=N1. The number of methoxy groups -OCH3 is 1. The van der Waals surface area contributed by atoms with Gasteiger partial charge in [-0.3, -0.25) is 9.36 Å². The van der Waals surface area contributed by atoms with Crippen molar-refractivity contribution in [3.63, 3.8) is 0 Å². The quantitative estimate of drug-likeness (QED) is 0.265. The van der Waals surface area contributed by atoms with Gasteiger partial charge in [0.25, 0.3) is 5.56 Å². The summed E-state index contributed by atoms with van der Waals surface area (Å²) in [5.74, 6) is -0.000471.